The van der Waals surface area contributed by atoms with Crippen molar-refractivity contribution in [3.63, 3.8) is 0 Å². The number of rotatable bonds is 4. The van der Waals surface area contributed by atoms with Gasteiger partial charge in [-0.05, 0) is 25.5 Å². The predicted octanol–water partition coefficient (Wildman–Crippen LogP) is 3.48. The number of urea groups is 1. The van der Waals surface area contributed by atoms with Crippen LogP contribution in [0.25, 0.3) is 0 Å². The van der Waals surface area contributed by atoms with Crippen molar-refractivity contribution in [2.45, 2.75) is 65.2 Å². The lowest BCUT2D eigenvalue weighted by atomic mass is 9.92. The Morgan fingerprint density at radius 2 is 1.93 bits per heavy atom. The fourth-order valence-electron chi connectivity index (χ4n) is 3.12. The molecule has 0 aliphatic carbocycles. The van der Waals surface area contributed by atoms with Crippen molar-refractivity contribution in [3.8, 4) is 0 Å². The van der Waals surface area contributed by atoms with Crippen LogP contribution in [0.15, 0.2) is 30.3 Å². The van der Waals surface area contributed by atoms with E-state index in [1.807, 2.05) is 44.2 Å². The molecule has 1 aliphatic heterocycles. The third-order valence-electron chi connectivity index (χ3n) is 4.92. The van der Waals surface area contributed by atoms with Gasteiger partial charge in [-0.1, -0.05) is 45.4 Å². The van der Waals surface area contributed by atoms with Gasteiger partial charge < -0.3 is 10.6 Å². The molecular formula is C21H30N6O2. The Morgan fingerprint density at radius 3 is 2.55 bits per heavy atom. The molecule has 0 spiro atoms. The lowest BCUT2D eigenvalue weighted by Gasteiger charge is -2.32. The van der Waals surface area contributed by atoms with Crippen molar-refractivity contribution in [1.82, 2.24) is 20.4 Å². The summed E-state index contributed by atoms with van der Waals surface area (Å²) < 4.78 is 1.63. The maximum atomic E-state index is 12.6. The molecule has 0 radical (unpaired) electrons. The van der Waals surface area contributed by atoms with Crippen molar-refractivity contribution >= 4 is 23.4 Å². The van der Waals surface area contributed by atoms with E-state index in [0.29, 0.717) is 17.9 Å². The van der Waals surface area contributed by atoms with Gasteiger partial charge >= 0.3 is 6.03 Å². The maximum absolute atomic E-state index is 12.6. The van der Waals surface area contributed by atoms with E-state index in [4.69, 9.17) is 0 Å². The highest BCUT2D eigenvalue weighted by Gasteiger charge is 2.30. The Kier molecular flexibility index (Phi) is 5.93. The van der Waals surface area contributed by atoms with Crippen LogP contribution in [0.1, 0.15) is 58.1 Å². The molecule has 29 heavy (non-hydrogen) atoms. The molecule has 4 N–H and O–H groups in total. The van der Waals surface area contributed by atoms with Gasteiger partial charge in [-0.25, -0.2) is 9.48 Å². The van der Waals surface area contributed by atoms with Crippen LogP contribution in [-0.4, -0.2) is 27.8 Å². The van der Waals surface area contributed by atoms with Crippen LogP contribution in [0.3, 0.4) is 0 Å². The standard InChI is InChI=1S/C21H30N6O2/c1-6-14-11-18(28)25-19(22-14)27-17(12-16(26-27)21(3,4)5)24-20(29)23-15-9-7-13(2)8-10-15/h7-10,12,14,19,22H,6,11H2,1-5H3,(H,25,28)(H2,23,24,29). The Morgan fingerprint density at radius 1 is 1.24 bits per heavy atom. The first kappa shape index (κ1) is 20.9. The van der Waals surface area contributed by atoms with Crippen molar-refractivity contribution < 1.29 is 9.59 Å². The number of aryl methyl sites for hydroxylation is 1. The van der Waals surface area contributed by atoms with Crippen LogP contribution in [0.2, 0.25) is 0 Å². The molecule has 2 heterocycles. The molecule has 1 aromatic heterocycles. The molecule has 156 valence electrons. The highest BCUT2D eigenvalue weighted by molar-refractivity contribution is 5.99. The van der Waals surface area contributed by atoms with Crippen LogP contribution < -0.4 is 21.3 Å². The molecule has 2 unspecified atom stereocenters. The highest BCUT2D eigenvalue weighted by Crippen LogP contribution is 2.26. The molecule has 2 aromatic rings. The minimum absolute atomic E-state index is 0.0385. The number of carbonyl (C=O) groups excluding carboxylic acids is 2. The number of anilines is 2. The summed E-state index contributed by atoms with van der Waals surface area (Å²) in [6, 6.07) is 9.10. The summed E-state index contributed by atoms with van der Waals surface area (Å²) in [4.78, 5) is 24.7. The van der Waals surface area contributed by atoms with Crippen molar-refractivity contribution in [2.75, 3.05) is 10.6 Å². The first-order valence-corrected chi connectivity index (χ1v) is 9.96. The van der Waals surface area contributed by atoms with Gasteiger partial charge in [0.25, 0.3) is 0 Å². The van der Waals surface area contributed by atoms with E-state index >= 15 is 0 Å². The third-order valence-corrected chi connectivity index (χ3v) is 4.92. The van der Waals surface area contributed by atoms with Crippen LogP contribution >= 0.6 is 0 Å². The van der Waals surface area contributed by atoms with E-state index in [1.54, 1.807) is 4.68 Å². The summed E-state index contributed by atoms with van der Waals surface area (Å²) >= 11 is 0. The highest BCUT2D eigenvalue weighted by atomic mass is 16.2. The lowest BCUT2D eigenvalue weighted by Crippen LogP contribution is -2.53. The number of hydrogen-bond donors (Lipinski definition) is 4. The second-order valence-electron chi connectivity index (χ2n) is 8.50. The molecule has 0 saturated carbocycles. The number of nitrogens with one attached hydrogen (secondary N) is 4. The Labute approximate surface area is 171 Å². The molecular weight excluding hydrogens is 368 g/mol. The molecule has 8 nitrogen and oxygen atoms in total. The normalized spacial score (nSPS) is 19.6. The van der Waals surface area contributed by atoms with Gasteiger partial charge in [-0.3, -0.25) is 15.4 Å². The Balaban J connectivity index is 1.84. The van der Waals surface area contributed by atoms with Crippen LogP contribution in [0.4, 0.5) is 16.3 Å². The van der Waals surface area contributed by atoms with Crippen LogP contribution in [0, 0.1) is 6.92 Å². The van der Waals surface area contributed by atoms with E-state index in [9.17, 15) is 9.59 Å². The minimum atomic E-state index is -0.521. The number of aromatic nitrogens is 2. The number of carbonyl (C=O) groups is 2. The smallest absolute Gasteiger partial charge is 0.322 e. The molecule has 1 aromatic carbocycles. The fraction of sp³-hybridized carbons (Fsp3) is 0.476. The Hall–Kier alpha value is -2.87. The van der Waals surface area contributed by atoms with Crippen molar-refractivity contribution in [2.24, 2.45) is 0 Å². The van der Waals surface area contributed by atoms with Gasteiger partial charge in [0.15, 0.2) is 6.29 Å². The summed E-state index contributed by atoms with van der Waals surface area (Å²) in [6.45, 7) is 10.2. The third kappa shape index (κ3) is 5.14. The minimum Gasteiger partial charge on any atom is -0.322 e. The topological polar surface area (TPSA) is 100 Å². The summed E-state index contributed by atoms with van der Waals surface area (Å²) in [7, 11) is 0. The van der Waals surface area contributed by atoms with Gasteiger partial charge in [0.1, 0.15) is 5.82 Å². The molecule has 2 atom stereocenters. The van der Waals surface area contributed by atoms with E-state index in [0.717, 1.165) is 17.7 Å². The largest absolute Gasteiger partial charge is 0.324 e. The summed E-state index contributed by atoms with van der Waals surface area (Å²) in [5, 5.41) is 16.7. The van der Waals surface area contributed by atoms with Gasteiger partial charge in [-0.15, -0.1) is 0 Å². The van der Waals surface area contributed by atoms with Gasteiger partial charge in [0.05, 0.1) is 5.69 Å². The first-order valence-electron chi connectivity index (χ1n) is 9.96. The van der Waals surface area contributed by atoms with E-state index in [2.05, 4.69) is 47.1 Å². The van der Waals surface area contributed by atoms with Crippen molar-refractivity contribution in [3.05, 3.63) is 41.6 Å². The monoisotopic (exact) mass is 398 g/mol. The summed E-state index contributed by atoms with van der Waals surface area (Å²) in [6.07, 6.45) is 0.734. The lowest BCUT2D eigenvalue weighted by molar-refractivity contribution is -0.125. The molecule has 0 bridgehead atoms. The molecule has 3 amide bonds. The Bertz CT molecular complexity index is 882. The van der Waals surface area contributed by atoms with E-state index in [1.165, 1.54) is 0 Å². The molecule has 8 heteroatoms. The molecule has 1 fully saturated rings. The number of amides is 3. The SMILES string of the molecule is CCC1CC(=O)NC(n2nc(C(C)(C)C)cc2NC(=O)Nc2ccc(C)cc2)N1. The summed E-state index contributed by atoms with van der Waals surface area (Å²) in [5.41, 5.74) is 2.43. The fourth-order valence-corrected chi connectivity index (χ4v) is 3.12. The van der Waals surface area contributed by atoms with Gasteiger partial charge in [0.2, 0.25) is 5.91 Å². The number of hydrogen-bond acceptors (Lipinski definition) is 4. The quantitative estimate of drug-likeness (QED) is 0.633. The zero-order valence-corrected chi connectivity index (χ0v) is 17.7. The van der Waals surface area contributed by atoms with Crippen LogP contribution in [-0.2, 0) is 10.2 Å². The van der Waals surface area contributed by atoms with Gasteiger partial charge in [-0.2, -0.15) is 5.10 Å². The number of benzene rings is 1. The molecule has 1 aliphatic rings. The molecule has 1 saturated heterocycles. The average Bonchev–Trinajstić information content (AvgIpc) is 3.07. The maximum Gasteiger partial charge on any atom is 0.324 e. The predicted molar refractivity (Wildman–Crippen MR) is 114 cm³/mol. The second kappa shape index (κ2) is 8.24. The second-order valence-corrected chi connectivity index (χ2v) is 8.50. The van der Waals surface area contributed by atoms with Crippen molar-refractivity contribution in [1.29, 1.82) is 0 Å². The average molecular weight is 399 g/mol. The molecule has 3 rings (SSSR count). The van der Waals surface area contributed by atoms with E-state index < -0.39 is 6.29 Å². The zero-order chi connectivity index (χ0) is 21.2. The first-order chi connectivity index (χ1) is 13.7. The zero-order valence-electron chi connectivity index (χ0n) is 17.7. The summed E-state index contributed by atoms with van der Waals surface area (Å²) in [5.74, 6) is 0.470. The number of nitrogens with zero attached hydrogens (tertiary/aromatic N) is 2. The van der Waals surface area contributed by atoms with Crippen LogP contribution in [0.5, 0.6) is 0 Å². The van der Waals surface area contributed by atoms with E-state index in [-0.39, 0.29) is 23.4 Å². The van der Waals surface area contributed by atoms with Gasteiger partial charge in [0, 0.05) is 29.6 Å².